The summed E-state index contributed by atoms with van der Waals surface area (Å²) in [6.45, 7) is 0. The van der Waals surface area contributed by atoms with Gasteiger partial charge in [-0.3, -0.25) is 0 Å². The Kier molecular flexibility index (Phi) is 2.59. The molecule has 0 atom stereocenters. The van der Waals surface area contributed by atoms with Crippen LogP contribution in [0.1, 0.15) is 5.56 Å². The van der Waals surface area contributed by atoms with E-state index in [0.717, 1.165) is 12.1 Å². The molecule has 0 saturated carbocycles. The zero-order chi connectivity index (χ0) is 11.8. The Balaban J connectivity index is 2.46. The number of hydrogen-bond donors (Lipinski definition) is 1. The van der Waals surface area contributed by atoms with Crippen LogP contribution in [0.4, 0.5) is 18.9 Å². The van der Waals surface area contributed by atoms with Gasteiger partial charge in [0.1, 0.15) is 0 Å². The Bertz CT molecular complexity index is 491. The third kappa shape index (κ3) is 2.01. The molecule has 0 saturated heterocycles. The number of hydrogen-bond acceptors (Lipinski definition) is 3. The van der Waals surface area contributed by atoms with Crippen molar-refractivity contribution < 1.29 is 13.2 Å². The molecule has 16 heavy (non-hydrogen) atoms. The van der Waals surface area contributed by atoms with Gasteiger partial charge in [0.15, 0.2) is 0 Å². The van der Waals surface area contributed by atoms with E-state index < -0.39 is 11.7 Å². The lowest BCUT2D eigenvalue weighted by Gasteiger charge is -2.09. The number of nitrogens with two attached hydrogens (primary N) is 1. The first kappa shape index (κ1) is 10.9. The molecule has 1 aromatic carbocycles. The predicted octanol–water partition coefficient (Wildman–Crippen LogP) is 3.41. The standard InChI is InChI=1S/C10H7F3N2S/c11-10(12,13)6-1-2-7(8(14)3-6)9-4-16-5-15-9/h1-5H,14H2. The van der Waals surface area contributed by atoms with Gasteiger partial charge in [-0.1, -0.05) is 6.07 Å². The van der Waals surface area contributed by atoms with Crippen LogP contribution in [-0.2, 0) is 6.18 Å². The fraction of sp³-hybridized carbons (Fsp3) is 0.100. The molecule has 2 N–H and O–H groups in total. The normalized spacial score (nSPS) is 11.7. The fourth-order valence-electron chi connectivity index (χ4n) is 1.32. The molecule has 0 unspecified atom stereocenters. The number of nitrogens with zero attached hydrogens (tertiary/aromatic N) is 1. The van der Waals surface area contributed by atoms with Crippen LogP contribution in [0.15, 0.2) is 29.1 Å². The van der Waals surface area contributed by atoms with Crippen LogP contribution in [0.5, 0.6) is 0 Å². The Hall–Kier alpha value is -1.56. The molecule has 0 bridgehead atoms. The summed E-state index contributed by atoms with van der Waals surface area (Å²) in [5.41, 5.74) is 7.63. The van der Waals surface area contributed by atoms with Crippen LogP contribution >= 0.6 is 11.3 Å². The number of thiazole rings is 1. The van der Waals surface area contributed by atoms with Gasteiger partial charge in [-0.2, -0.15) is 13.2 Å². The Morgan fingerprint density at radius 2 is 2.00 bits per heavy atom. The van der Waals surface area contributed by atoms with E-state index in [9.17, 15) is 13.2 Å². The van der Waals surface area contributed by atoms with Crippen molar-refractivity contribution >= 4 is 17.0 Å². The molecule has 2 aromatic rings. The molecule has 84 valence electrons. The number of rotatable bonds is 1. The largest absolute Gasteiger partial charge is 0.416 e. The average Bonchev–Trinajstić information content (AvgIpc) is 2.69. The van der Waals surface area contributed by atoms with Crippen LogP contribution in [0.2, 0.25) is 0 Å². The maximum Gasteiger partial charge on any atom is 0.416 e. The highest BCUT2D eigenvalue weighted by Gasteiger charge is 2.30. The van der Waals surface area contributed by atoms with Gasteiger partial charge in [0.05, 0.1) is 16.8 Å². The van der Waals surface area contributed by atoms with Gasteiger partial charge >= 0.3 is 6.18 Å². The van der Waals surface area contributed by atoms with Crippen molar-refractivity contribution in [3.63, 3.8) is 0 Å². The van der Waals surface area contributed by atoms with E-state index in [1.165, 1.54) is 17.4 Å². The summed E-state index contributed by atoms with van der Waals surface area (Å²) in [6.07, 6.45) is -4.37. The number of nitrogen functional groups attached to an aromatic ring is 1. The third-order valence-corrected chi connectivity index (χ3v) is 2.67. The molecular formula is C10H7F3N2S. The maximum absolute atomic E-state index is 12.4. The number of anilines is 1. The molecule has 2 rings (SSSR count). The van der Waals surface area contributed by atoms with Crippen molar-refractivity contribution in [1.82, 2.24) is 4.98 Å². The first-order valence-corrected chi connectivity index (χ1v) is 5.28. The molecule has 1 aromatic heterocycles. The van der Waals surface area contributed by atoms with Gasteiger partial charge in [0.25, 0.3) is 0 Å². The van der Waals surface area contributed by atoms with Crippen LogP contribution in [0, 0.1) is 0 Å². The van der Waals surface area contributed by atoms with Gasteiger partial charge in [0.2, 0.25) is 0 Å². The van der Waals surface area contributed by atoms with Crippen LogP contribution < -0.4 is 5.73 Å². The van der Waals surface area contributed by atoms with E-state index in [0.29, 0.717) is 11.3 Å². The van der Waals surface area contributed by atoms with Gasteiger partial charge in [0, 0.05) is 16.6 Å². The monoisotopic (exact) mass is 244 g/mol. The molecule has 6 heteroatoms. The van der Waals surface area contributed by atoms with Crippen molar-refractivity contribution in [3.8, 4) is 11.3 Å². The second-order valence-corrected chi connectivity index (χ2v) is 3.89. The van der Waals surface area contributed by atoms with Crippen LogP contribution in [0.3, 0.4) is 0 Å². The van der Waals surface area contributed by atoms with Crippen molar-refractivity contribution in [2.45, 2.75) is 6.18 Å². The van der Waals surface area contributed by atoms with Gasteiger partial charge < -0.3 is 5.73 Å². The summed E-state index contributed by atoms with van der Waals surface area (Å²) in [6, 6.07) is 3.27. The number of benzene rings is 1. The number of halogens is 3. The zero-order valence-corrected chi connectivity index (χ0v) is 8.77. The van der Waals surface area contributed by atoms with Crippen molar-refractivity contribution in [1.29, 1.82) is 0 Å². The molecule has 0 radical (unpaired) electrons. The first-order valence-electron chi connectivity index (χ1n) is 4.34. The maximum atomic E-state index is 12.4. The average molecular weight is 244 g/mol. The summed E-state index contributed by atoms with van der Waals surface area (Å²) in [7, 11) is 0. The van der Waals surface area contributed by atoms with Crippen molar-refractivity contribution in [3.05, 3.63) is 34.7 Å². The molecule has 0 aliphatic heterocycles. The quantitative estimate of drug-likeness (QED) is 0.781. The molecular weight excluding hydrogens is 237 g/mol. The van der Waals surface area contributed by atoms with E-state index in [1.54, 1.807) is 10.9 Å². The third-order valence-electron chi connectivity index (χ3n) is 2.09. The van der Waals surface area contributed by atoms with E-state index in [4.69, 9.17) is 5.73 Å². The summed E-state index contributed by atoms with van der Waals surface area (Å²) in [4.78, 5) is 4.00. The van der Waals surface area contributed by atoms with E-state index in [-0.39, 0.29) is 5.69 Å². The Morgan fingerprint density at radius 1 is 1.25 bits per heavy atom. The minimum Gasteiger partial charge on any atom is -0.398 e. The van der Waals surface area contributed by atoms with Crippen molar-refractivity contribution in [2.24, 2.45) is 0 Å². The fourth-order valence-corrected chi connectivity index (χ4v) is 1.87. The smallest absolute Gasteiger partial charge is 0.398 e. The van der Waals surface area contributed by atoms with Crippen LogP contribution in [0.25, 0.3) is 11.3 Å². The van der Waals surface area contributed by atoms with E-state index >= 15 is 0 Å². The number of alkyl halides is 3. The molecule has 0 aliphatic rings. The highest BCUT2D eigenvalue weighted by molar-refractivity contribution is 7.07. The molecule has 0 aliphatic carbocycles. The predicted molar refractivity (Wildman–Crippen MR) is 57.0 cm³/mol. The molecule has 0 fully saturated rings. The molecule has 2 nitrogen and oxygen atoms in total. The van der Waals surface area contributed by atoms with Gasteiger partial charge in [-0.25, -0.2) is 4.98 Å². The van der Waals surface area contributed by atoms with Gasteiger partial charge in [-0.15, -0.1) is 11.3 Å². The van der Waals surface area contributed by atoms with Gasteiger partial charge in [-0.05, 0) is 12.1 Å². The topological polar surface area (TPSA) is 38.9 Å². The second-order valence-electron chi connectivity index (χ2n) is 3.17. The molecule has 0 spiro atoms. The van der Waals surface area contributed by atoms with Crippen LogP contribution in [-0.4, -0.2) is 4.98 Å². The Morgan fingerprint density at radius 3 is 2.50 bits per heavy atom. The summed E-state index contributed by atoms with van der Waals surface area (Å²) >= 11 is 1.36. The molecule has 1 heterocycles. The summed E-state index contributed by atoms with van der Waals surface area (Å²) in [5, 5.41) is 1.74. The van der Waals surface area contributed by atoms with E-state index in [2.05, 4.69) is 4.98 Å². The molecule has 0 amide bonds. The van der Waals surface area contributed by atoms with E-state index in [1.807, 2.05) is 0 Å². The SMILES string of the molecule is Nc1cc(C(F)(F)F)ccc1-c1cscn1. The number of aromatic nitrogens is 1. The highest BCUT2D eigenvalue weighted by atomic mass is 32.1. The highest BCUT2D eigenvalue weighted by Crippen LogP contribution is 2.34. The lowest BCUT2D eigenvalue weighted by molar-refractivity contribution is -0.137. The summed E-state index contributed by atoms with van der Waals surface area (Å²) in [5.74, 6) is 0. The summed E-state index contributed by atoms with van der Waals surface area (Å²) < 4.78 is 37.1. The minimum atomic E-state index is -4.37. The first-order chi connectivity index (χ1) is 7.48. The second kappa shape index (κ2) is 3.79. The van der Waals surface area contributed by atoms with Crippen molar-refractivity contribution in [2.75, 3.05) is 5.73 Å². The lowest BCUT2D eigenvalue weighted by Crippen LogP contribution is -2.05. The Labute approximate surface area is 93.5 Å². The lowest BCUT2D eigenvalue weighted by atomic mass is 10.1. The minimum absolute atomic E-state index is 0.0840. The zero-order valence-electron chi connectivity index (χ0n) is 7.95.